The molecule has 0 unspecified atom stereocenters. The van der Waals surface area contributed by atoms with Crippen LogP contribution in [0.5, 0.6) is 0 Å². The van der Waals surface area contributed by atoms with Crippen molar-refractivity contribution in [1.29, 1.82) is 0 Å². The second-order valence-corrected chi connectivity index (χ2v) is 5.71. The van der Waals surface area contributed by atoms with Crippen LogP contribution in [0.3, 0.4) is 0 Å². The number of carbonyl (C=O) groups excluding carboxylic acids is 2. The largest absolute Gasteiger partial charge is 0.459 e. The zero-order chi connectivity index (χ0) is 16.4. The molecule has 2 aromatic carbocycles. The van der Waals surface area contributed by atoms with Crippen LogP contribution in [0.1, 0.15) is 46.5 Å². The summed E-state index contributed by atoms with van der Waals surface area (Å²) >= 11 is 0. The van der Waals surface area contributed by atoms with Crippen molar-refractivity contribution in [3.8, 4) is 0 Å². The fourth-order valence-electron chi connectivity index (χ4n) is 2.50. The van der Waals surface area contributed by atoms with Crippen molar-refractivity contribution in [2.75, 3.05) is 0 Å². The highest BCUT2D eigenvalue weighted by Gasteiger charge is 2.22. The standard InChI is InChI=1S/C19H17NO3/c1-12(2)23-19(22)14-8-9-16-15(10-14)18(21)11-17(20-16)13-6-4-3-5-7-13/h3-10,12H,11H2,1-2H3. The number of rotatable bonds is 3. The van der Waals surface area contributed by atoms with E-state index >= 15 is 0 Å². The number of aliphatic imine (C=N–C) groups is 1. The van der Waals surface area contributed by atoms with Gasteiger partial charge in [0, 0.05) is 5.56 Å². The fourth-order valence-corrected chi connectivity index (χ4v) is 2.50. The van der Waals surface area contributed by atoms with Gasteiger partial charge in [-0.15, -0.1) is 0 Å². The highest BCUT2D eigenvalue weighted by Crippen LogP contribution is 2.29. The van der Waals surface area contributed by atoms with E-state index in [0.717, 1.165) is 11.3 Å². The van der Waals surface area contributed by atoms with Gasteiger partial charge in [0.2, 0.25) is 0 Å². The number of esters is 1. The Morgan fingerprint density at radius 2 is 1.87 bits per heavy atom. The molecule has 116 valence electrons. The van der Waals surface area contributed by atoms with Crippen LogP contribution in [0.2, 0.25) is 0 Å². The summed E-state index contributed by atoms with van der Waals surface area (Å²) in [6.07, 6.45) is 0.0385. The molecule has 1 heterocycles. The summed E-state index contributed by atoms with van der Waals surface area (Å²) in [5.74, 6) is -0.457. The minimum absolute atomic E-state index is 0.0342. The van der Waals surface area contributed by atoms with Gasteiger partial charge in [-0.05, 0) is 37.6 Å². The van der Waals surface area contributed by atoms with Gasteiger partial charge >= 0.3 is 5.97 Å². The number of ether oxygens (including phenoxy) is 1. The van der Waals surface area contributed by atoms with Crippen LogP contribution in [-0.4, -0.2) is 23.6 Å². The molecule has 0 spiro atoms. The summed E-state index contributed by atoms with van der Waals surface area (Å²) in [5, 5.41) is 0. The second kappa shape index (κ2) is 6.16. The molecule has 0 aromatic heterocycles. The van der Waals surface area contributed by atoms with Crippen LogP contribution in [0.4, 0.5) is 5.69 Å². The maximum Gasteiger partial charge on any atom is 0.338 e. The van der Waals surface area contributed by atoms with E-state index in [1.165, 1.54) is 0 Å². The molecule has 4 heteroatoms. The van der Waals surface area contributed by atoms with Crippen LogP contribution in [0, 0.1) is 0 Å². The molecular formula is C19H17NO3. The van der Waals surface area contributed by atoms with Crippen LogP contribution in [0.15, 0.2) is 53.5 Å². The number of benzene rings is 2. The number of carbonyl (C=O) groups is 2. The second-order valence-electron chi connectivity index (χ2n) is 5.71. The summed E-state index contributed by atoms with van der Waals surface area (Å²) in [7, 11) is 0. The highest BCUT2D eigenvalue weighted by molar-refractivity contribution is 6.21. The van der Waals surface area contributed by atoms with Crippen molar-refractivity contribution in [3.05, 3.63) is 65.2 Å². The summed E-state index contributed by atoms with van der Waals surface area (Å²) in [6.45, 7) is 3.58. The normalized spacial score (nSPS) is 13.5. The van der Waals surface area contributed by atoms with Gasteiger partial charge in [-0.3, -0.25) is 9.79 Å². The number of hydrogen-bond acceptors (Lipinski definition) is 4. The molecule has 0 radical (unpaired) electrons. The van der Waals surface area contributed by atoms with E-state index in [9.17, 15) is 9.59 Å². The van der Waals surface area contributed by atoms with Crippen molar-refractivity contribution in [3.63, 3.8) is 0 Å². The van der Waals surface area contributed by atoms with Gasteiger partial charge in [-0.1, -0.05) is 30.3 Å². The molecule has 0 fully saturated rings. The van der Waals surface area contributed by atoms with E-state index in [2.05, 4.69) is 4.99 Å². The molecule has 23 heavy (non-hydrogen) atoms. The van der Waals surface area contributed by atoms with E-state index in [1.54, 1.807) is 32.0 Å². The molecule has 0 atom stereocenters. The van der Waals surface area contributed by atoms with E-state index in [-0.39, 0.29) is 18.3 Å². The van der Waals surface area contributed by atoms with Gasteiger partial charge in [0.1, 0.15) is 0 Å². The SMILES string of the molecule is CC(C)OC(=O)c1ccc2c(c1)C(=O)CC(c1ccccc1)=N2. The third-order valence-corrected chi connectivity index (χ3v) is 3.57. The number of fused-ring (bicyclic) bond motifs is 1. The number of ketones is 1. The summed E-state index contributed by atoms with van der Waals surface area (Å²) in [6, 6.07) is 14.6. The third-order valence-electron chi connectivity index (χ3n) is 3.57. The minimum Gasteiger partial charge on any atom is -0.459 e. The molecule has 3 rings (SSSR count). The van der Waals surface area contributed by atoms with Crippen molar-refractivity contribution < 1.29 is 14.3 Å². The molecular weight excluding hydrogens is 290 g/mol. The first-order valence-corrected chi connectivity index (χ1v) is 7.56. The van der Waals surface area contributed by atoms with Crippen molar-refractivity contribution in [1.82, 2.24) is 0 Å². The Morgan fingerprint density at radius 3 is 2.57 bits per heavy atom. The van der Waals surface area contributed by atoms with Gasteiger partial charge in [0.05, 0.1) is 29.5 Å². The summed E-state index contributed by atoms with van der Waals surface area (Å²) < 4.78 is 5.17. The molecule has 0 bridgehead atoms. The molecule has 1 aliphatic rings. The van der Waals surface area contributed by atoms with Gasteiger partial charge in [-0.25, -0.2) is 4.79 Å². The topological polar surface area (TPSA) is 55.7 Å². The van der Waals surface area contributed by atoms with Gasteiger partial charge in [-0.2, -0.15) is 0 Å². The lowest BCUT2D eigenvalue weighted by Gasteiger charge is -2.16. The first kappa shape index (κ1) is 15.2. The summed E-state index contributed by atoms with van der Waals surface area (Å²) in [4.78, 5) is 29.0. The lowest BCUT2D eigenvalue weighted by atomic mass is 9.95. The van der Waals surface area contributed by atoms with Crippen molar-refractivity contribution in [2.24, 2.45) is 4.99 Å². The Labute approximate surface area is 134 Å². The monoisotopic (exact) mass is 307 g/mol. The van der Waals surface area contributed by atoms with Crippen molar-refractivity contribution >= 4 is 23.2 Å². The van der Waals surface area contributed by atoms with Gasteiger partial charge in [0.15, 0.2) is 5.78 Å². The average Bonchev–Trinajstić information content (AvgIpc) is 2.54. The van der Waals surface area contributed by atoms with Crippen LogP contribution in [0.25, 0.3) is 0 Å². The maximum atomic E-state index is 12.4. The number of Topliss-reactive ketones (excluding diaryl/α,β-unsaturated/α-hetero) is 1. The predicted octanol–water partition coefficient (Wildman–Crippen LogP) is 3.96. The highest BCUT2D eigenvalue weighted by atomic mass is 16.5. The zero-order valence-corrected chi connectivity index (χ0v) is 13.1. The first-order chi connectivity index (χ1) is 11.0. The van der Waals surface area contributed by atoms with E-state index in [4.69, 9.17) is 4.74 Å². The molecule has 0 N–H and O–H groups in total. The Hall–Kier alpha value is -2.75. The smallest absolute Gasteiger partial charge is 0.338 e. The number of hydrogen-bond donors (Lipinski definition) is 0. The fraction of sp³-hybridized carbons (Fsp3) is 0.211. The minimum atomic E-state index is -0.423. The lowest BCUT2D eigenvalue weighted by Crippen LogP contribution is -2.16. The average molecular weight is 307 g/mol. The van der Waals surface area contributed by atoms with E-state index < -0.39 is 5.97 Å². The van der Waals surface area contributed by atoms with Crippen LogP contribution >= 0.6 is 0 Å². The van der Waals surface area contributed by atoms with Crippen molar-refractivity contribution in [2.45, 2.75) is 26.4 Å². The van der Waals surface area contributed by atoms with Gasteiger partial charge < -0.3 is 4.74 Å². The molecule has 2 aromatic rings. The lowest BCUT2D eigenvalue weighted by molar-refractivity contribution is 0.0378. The van der Waals surface area contributed by atoms with Gasteiger partial charge in [0.25, 0.3) is 0 Å². The van der Waals surface area contributed by atoms with Crippen LogP contribution < -0.4 is 0 Å². The Bertz CT molecular complexity index is 792. The third kappa shape index (κ3) is 3.21. The maximum absolute atomic E-state index is 12.4. The molecule has 0 saturated carbocycles. The zero-order valence-electron chi connectivity index (χ0n) is 13.1. The molecule has 0 saturated heterocycles. The van der Waals surface area contributed by atoms with E-state index in [0.29, 0.717) is 16.8 Å². The summed E-state index contributed by atoms with van der Waals surface area (Å²) in [5.41, 5.74) is 3.14. The molecule has 1 aliphatic heterocycles. The first-order valence-electron chi connectivity index (χ1n) is 7.56. The van der Waals surface area contributed by atoms with Crippen LogP contribution in [-0.2, 0) is 4.74 Å². The molecule has 4 nitrogen and oxygen atoms in total. The number of nitrogens with zero attached hydrogens (tertiary/aromatic N) is 1. The Balaban J connectivity index is 1.96. The molecule has 0 aliphatic carbocycles. The Morgan fingerprint density at radius 1 is 1.13 bits per heavy atom. The predicted molar refractivity (Wildman–Crippen MR) is 88.6 cm³/mol. The quantitative estimate of drug-likeness (QED) is 0.806. The van der Waals surface area contributed by atoms with E-state index in [1.807, 2.05) is 30.3 Å². The Kier molecular flexibility index (Phi) is 4.06. The molecule has 0 amide bonds.